The second-order valence-electron chi connectivity index (χ2n) is 7.91. The predicted octanol–water partition coefficient (Wildman–Crippen LogP) is 6.24. The number of carbonyl (C=O) groups is 1. The second-order valence-corrected chi connectivity index (χ2v) is 8.78. The normalized spacial score (nSPS) is 24.0. The Hall–Kier alpha value is -1.84. The first kappa shape index (κ1) is 17.6. The molecule has 1 aliphatic heterocycles. The molecule has 26 heavy (non-hydrogen) atoms. The van der Waals surface area contributed by atoms with Crippen molar-refractivity contribution in [2.45, 2.75) is 32.7 Å². The molecule has 0 aromatic heterocycles. The molecule has 1 fully saturated rings. The Morgan fingerprint density at radius 1 is 1.08 bits per heavy atom. The van der Waals surface area contributed by atoms with E-state index in [4.69, 9.17) is 28.2 Å². The van der Waals surface area contributed by atoms with Crippen LogP contribution in [0.1, 0.15) is 38.3 Å². The van der Waals surface area contributed by atoms with E-state index in [-0.39, 0.29) is 23.2 Å². The van der Waals surface area contributed by atoms with Crippen molar-refractivity contribution in [1.82, 2.24) is 0 Å². The van der Waals surface area contributed by atoms with Crippen LogP contribution < -0.4 is 5.32 Å². The molecule has 0 saturated heterocycles. The summed E-state index contributed by atoms with van der Waals surface area (Å²) in [6.07, 6.45) is 1.34. The fraction of sp³-hybridized carbons (Fsp3) is 0.333. The van der Waals surface area contributed by atoms with E-state index in [9.17, 15) is 4.79 Å². The van der Waals surface area contributed by atoms with Crippen LogP contribution >= 0.6 is 23.2 Å². The van der Waals surface area contributed by atoms with E-state index in [0.29, 0.717) is 16.5 Å². The molecule has 5 heteroatoms. The number of rotatable bonds is 1. The Morgan fingerprint density at radius 3 is 2.50 bits per heavy atom. The van der Waals surface area contributed by atoms with Crippen LogP contribution in [-0.2, 0) is 4.79 Å². The summed E-state index contributed by atoms with van der Waals surface area (Å²) in [5, 5.41) is 4.66. The summed E-state index contributed by atoms with van der Waals surface area (Å²) in [5.74, 6) is -0.105. The van der Waals surface area contributed by atoms with Crippen molar-refractivity contribution < 1.29 is 4.79 Å². The maximum atomic E-state index is 13.1. The Balaban J connectivity index is 1.89. The number of hydrogen-bond acceptors (Lipinski definition) is 3. The van der Waals surface area contributed by atoms with Gasteiger partial charge >= 0.3 is 0 Å². The number of aliphatic imine (C=N–C) groups is 1. The zero-order valence-corrected chi connectivity index (χ0v) is 16.2. The molecule has 1 heterocycles. The van der Waals surface area contributed by atoms with Crippen molar-refractivity contribution in [1.29, 1.82) is 0 Å². The topological polar surface area (TPSA) is 41.5 Å². The number of hydrogen-bond donors (Lipinski definition) is 1. The van der Waals surface area contributed by atoms with Gasteiger partial charge in [0.1, 0.15) is 5.78 Å². The van der Waals surface area contributed by atoms with Gasteiger partial charge in [-0.3, -0.25) is 9.79 Å². The van der Waals surface area contributed by atoms with Crippen LogP contribution in [0.3, 0.4) is 0 Å². The van der Waals surface area contributed by atoms with E-state index in [1.54, 1.807) is 6.07 Å². The summed E-state index contributed by atoms with van der Waals surface area (Å²) >= 11 is 12.5. The zero-order chi connectivity index (χ0) is 18.5. The van der Waals surface area contributed by atoms with Gasteiger partial charge in [0.25, 0.3) is 0 Å². The van der Waals surface area contributed by atoms with Crippen molar-refractivity contribution in [3.63, 3.8) is 0 Å². The molecule has 2 aromatic carbocycles. The number of benzene rings is 2. The lowest BCUT2D eigenvalue weighted by molar-refractivity contribution is -0.124. The maximum Gasteiger partial charge on any atom is 0.144 e. The lowest BCUT2D eigenvalue weighted by Crippen LogP contribution is -2.42. The minimum absolute atomic E-state index is 0.0811. The molecule has 2 unspecified atom stereocenters. The minimum Gasteiger partial charge on any atom is -0.375 e. The summed E-state index contributed by atoms with van der Waals surface area (Å²) in [6.45, 7) is 4.25. The highest BCUT2D eigenvalue weighted by Crippen LogP contribution is 2.45. The summed E-state index contributed by atoms with van der Waals surface area (Å²) in [5.41, 5.74) is 3.55. The molecule has 0 amide bonds. The first-order valence-corrected chi connectivity index (χ1v) is 9.50. The molecule has 134 valence electrons. The highest BCUT2D eigenvalue weighted by molar-refractivity contribution is 6.34. The van der Waals surface area contributed by atoms with Crippen molar-refractivity contribution >= 4 is 46.1 Å². The van der Waals surface area contributed by atoms with Gasteiger partial charge < -0.3 is 5.32 Å². The van der Waals surface area contributed by atoms with E-state index in [1.165, 1.54) is 0 Å². The number of anilines is 1. The van der Waals surface area contributed by atoms with Gasteiger partial charge in [-0.05, 0) is 47.7 Å². The third-order valence-electron chi connectivity index (χ3n) is 5.07. The minimum atomic E-state index is -0.315. The SMILES string of the molecule is CC1(C)CC(=O)C2C(=Nc3ccccc3NC2c2cc(Cl)cc(Cl)c2)C1. The number of Topliss-reactive ketones (excluding diaryl/α,β-unsaturated/α-hetero) is 1. The van der Waals surface area contributed by atoms with Gasteiger partial charge in [-0.25, -0.2) is 0 Å². The summed E-state index contributed by atoms with van der Waals surface area (Å²) in [7, 11) is 0. The standard InChI is InChI=1S/C21H20Cl2N2O/c1-21(2)10-17-19(18(26)11-21)20(12-7-13(22)9-14(23)8-12)25-16-6-4-3-5-15(16)24-17/h3-9,19-20,25H,10-11H2,1-2H3. The smallest absolute Gasteiger partial charge is 0.144 e. The average molecular weight is 387 g/mol. The molecule has 1 saturated carbocycles. The Morgan fingerprint density at radius 2 is 1.77 bits per heavy atom. The van der Waals surface area contributed by atoms with Crippen molar-refractivity contribution in [3.8, 4) is 0 Å². The van der Waals surface area contributed by atoms with Gasteiger partial charge in [0.15, 0.2) is 0 Å². The molecule has 0 spiro atoms. The van der Waals surface area contributed by atoms with E-state index >= 15 is 0 Å². The largest absolute Gasteiger partial charge is 0.375 e. The molecule has 1 aliphatic carbocycles. The van der Waals surface area contributed by atoms with Crippen LogP contribution in [0.5, 0.6) is 0 Å². The van der Waals surface area contributed by atoms with Gasteiger partial charge in [0.2, 0.25) is 0 Å². The molecule has 3 nitrogen and oxygen atoms in total. The van der Waals surface area contributed by atoms with Gasteiger partial charge in [-0.2, -0.15) is 0 Å². The summed E-state index contributed by atoms with van der Waals surface area (Å²) < 4.78 is 0. The van der Waals surface area contributed by atoms with Crippen LogP contribution in [0.25, 0.3) is 0 Å². The van der Waals surface area contributed by atoms with Gasteiger partial charge in [-0.1, -0.05) is 49.2 Å². The first-order chi connectivity index (χ1) is 12.3. The molecule has 0 bridgehead atoms. The quantitative estimate of drug-likeness (QED) is 0.630. The van der Waals surface area contributed by atoms with Gasteiger partial charge in [-0.15, -0.1) is 0 Å². The number of nitrogens with one attached hydrogen (secondary N) is 1. The van der Waals surface area contributed by atoms with Crippen LogP contribution in [0.4, 0.5) is 11.4 Å². The number of para-hydroxylation sites is 2. The van der Waals surface area contributed by atoms with Crippen LogP contribution in [0.15, 0.2) is 47.5 Å². The monoisotopic (exact) mass is 386 g/mol. The molecule has 2 aliphatic rings. The van der Waals surface area contributed by atoms with Crippen LogP contribution in [0.2, 0.25) is 10.0 Å². The third-order valence-corrected chi connectivity index (χ3v) is 5.51. The number of fused-ring (bicyclic) bond motifs is 2. The molecule has 4 rings (SSSR count). The predicted molar refractivity (Wildman–Crippen MR) is 108 cm³/mol. The lowest BCUT2D eigenvalue weighted by atomic mass is 9.68. The highest BCUT2D eigenvalue weighted by atomic mass is 35.5. The number of ketones is 1. The zero-order valence-electron chi connectivity index (χ0n) is 14.7. The lowest BCUT2D eigenvalue weighted by Gasteiger charge is -2.37. The highest BCUT2D eigenvalue weighted by Gasteiger charge is 2.44. The van der Waals surface area contributed by atoms with Crippen molar-refractivity contribution in [3.05, 3.63) is 58.1 Å². The van der Waals surface area contributed by atoms with Crippen LogP contribution in [-0.4, -0.2) is 11.5 Å². The van der Waals surface area contributed by atoms with Gasteiger partial charge in [0.05, 0.1) is 23.3 Å². The number of halogens is 2. The van der Waals surface area contributed by atoms with E-state index in [1.807, 2.05) is 36.4 Å². The fourth-order valence-corrected chi connectivity index (χ4v) is 4.59. The maximum absolute atomic E-state index is 13.1. The van der Waals surface area contributed by atoms with E-state index in [0.717, 1.165) is 29.1 Å². The molecule has 2 aromatic rings. The molecule has 2 atom stereocenters. The molecule has 0 radical (unpaired) electrons. The van der Waals surface area contributed by atoms with Gasteiger partial charge in [0, 0.05) is 22.2 Å². The summed E-state index contributed by atoms with van der Waals surface area (Å²) in [6, 6.07) is 13.1. The molecule has 1 N–H and O–H groups in total. The Labute approximate surface area is 163 Å². The summed E-state index contributed by atoms with van der Waals surface area (Å²) in [4.78, 5) is 18.0. The Bertz CT molecular complexity index is 900. The van der Waals surface area contributed by atoms with Crippen LogP contribution in [0, 0.1) is 11.3 Å². The fourth-order valence-electron chi connectivity index (χ4n) is 4.05. The molecular formula is C21H20Cl2N2O. The Kier molecular flexibility index (Phi) is 4.32. The van der Waals surface area contributed by atoms with Crippen molar-refractivity contribution in [2.75, 3.05) is 5.32 Å². The van der Waals surface area contributed by atoms with Crippen molar-refractivity contribution in [2.24, 2.45) is 16.3 Å². The average Bonchev–Trinajstić information content (AvgIpc) is 2.69. The second kappa shape index (κ2) is 6.40. The molecular weight excluding hydrogens is 367 g/mol. The number of nitrogens with zero attached hydrogens (tertiary/aromatic N) is 1. The number of carbonyl (C=O) groups excluding carboxylic acids is 1. The first-order valence-electron chi connectivity index (χ1n) is 8.74. The van der Waals surface area contributed by atoms with E-state index in [2.05, 4.69) is 19.2 Å². The van der Waals surface area contributed by atoms with E-state index < -0.39 is 0 Å². The third kappa shape index (κ3) is 3.26.